The first-order valence-corrected chi connectivity index (χ1v) is 11.2. The van der Waals surface area contributed by atoms with Gasteiger partial charge in [0, 0.05) is 31.0 Å². The molecule has 0 bridgehead atoms. The highest BCUT2D eigenvalue weighted by Crippen LogP contribution is 2.16. The summed E-state index contributed by atoms with van der Waals surface area (Å²) in [4.78, 5) is 25.5. The van der Waals surface area contributed by atoms with Gasteiger partial charge in [0.1, 0.15) is 5.82 Å². The molecule has 0 saturated carbocycles. The summed E-state index contributed by atoms with van der Waals surface area (Å²) in [7, 11) is 0. The van der Waals surface area contributed by atoms with Crippen LogP contribution in [-0.4, -0.2) is 25.1 Å². The van der Waals surface area contributed by atoms with E-state index in [0.29, 0.717) is 47.4 Å². The Bertz CT molecular complexity index is 1310. The van der Waals surface area contributed by atoms with Gasteiger partial charge in [-0.2, -0.15) is 0 Å². The number of aromatic nitrogens is 4. The van der Waals surface area contributed by atoms with E-state index >= 15 is 0 Å². The Hall–Kier alpha value is -3.19. The summed E-state index contributed by atoms with van der Waals surface area (Å²) < 4.78 is 3.60. The van der Waals surface area contributed by atoms with Crippen molar-refractivity contribution in [3.05, 3.63) is 75.3 Å². The number of carbonyl (C=O) groups excluding carboxylic acids is 1. The topological polar surface area (TPSA) is 81.3 Å². The van der Waals surface area contributed by atoms with Crippen molar-refractivity contribution >= 4 is 34.2 Å². The van der Waals surface area contributed by atoms with Gasteiger partial charge in [0.2, 0.25) is 11.7 Å². The predicted molar refractivity (Wildman–Crippen MR) is 126 cm³/mol. The summed E-state index contributed by atoms with van der Waals surface area (Å²) in [6.07, 6.45) is 1.55. The number of benzene rings is 2. The molecule has 0 aliphatic carbocycles. The Morgan fingerprint density at radius 1 is 1.09 bits per heavy atom. The largest absolute Gasteiger partial charge is 0.352 e. The average molecular weight is 452 g/mol. The van der Waals surface area contributed by atoms with Crippen molar-refractivity contribution in [1.29, 1.82) is 0 Å². The molecule has 2 heterocycles. The zero-order valence-electron chi connectivity index (χ0n) is 18.2. The minimum Gasteiger partial charge on any atom is -0.352 e. The van der Waals surface area contributed by atoms with Crippen molar-refractivity contribution in [2.24, 2.45) is 5.92 Å². The van der Waals surface area contributed by atoms with Gasteiger partial charge in [0.05, 0.1) is 10.9 Å². The molecular weight excluding hydrogens is 426 g/mol. The molecule has 1 amide bonds. The molecule has 166 valence electrons. The monoisotopic (exact) mass is 451 g/mol. The zero-order chi connectivity index (χ0) is 22.7. The van der Waals surface area contributed by atoms with Crippen molar-refractivity contribution in [2.45, 2.75) is 46.2 Å². The number of halogens is 1. The number of nitrogens with one attached hydrogen (secondary N) is 1. The van der Waals surface area contributed by atoms with Crippen LogP contribution >= 0.6 is 11.6 Å². The van der Waals surface area contributed by atoms with Gasteiger partial charge in [-0.05, 0) is 42.2 Å². The van der Waals surface area contributed by atoms with E-state index in [-0.39, 0.29) is 17.9 Å². The lowest BCUT2D eigenvalue weighted by Crippen LogP contribution is -2.25. The standard InChI is InChI=1S/C24H26ClN5O2/c1-16(2)13-14-29-23(32)19-5-3-4-6-20(19)30-21(27-28-24(29)30)11-12-22(31)26-15-17-7-9-18(25)10-8-17/h3-10,16H,11-15H2,1-2H3,(H,26,31). The highest BCUT2D eigenvalue weighted by atomic mass is 35.5. The van der Waals surface area contributed by atoms with E-state index in [1.165, 1.54) is 0 Å². The maximum absolute atomic E-state index is 13.1. The summed E-state index contributed by atoms with van der Waals surface area (Å²) in [5.74, 6) is 1.57. The first-order valence-electron chi connectivity index (χ1n) is 10.8. The summed E-state index contributed by atoms with van der Waals surface area (Å²) >= 11 is 5.90. The Labute approximate surface area is 191 Å². The van der Waals surface area contributed by atoms with Crippen LogP contribution in [0.2, 0.25) is 5.02 Å². The molecule has 4 rings (SSSR count). The molecule has 0 atom stereocenters. The first kappa shape index (κ1) is 22.0. The molecule has 7 nitrogen and oxygen atoms in total. The first-order chi connectivity index (χ1) is 15.4. The summed E-state index contributed by atoms with van der Waals surface area (Å²) in [6.45, 7) is 5.27. The summed E-state index contributed by atoms with van der Waals surface area (Å²) in [6, 6.07) is 14.8. The van der Waals surface area contributed by atoms with Crippen molar-refractivity contribution in [2.75, 3.05) is 0 Å². The number of aryl methyl sites for hydroxylation is 2. The summed E-state index contributed by atoms with van der Waals surface area (Å²) in [5.41, 5.74) is 1.68. The van der Waals surface area contributed by atoms with Crippen LogP contribution in [-0.2, 0) is 24.3 Å². The van der Waals surface area contributed by atoms with Gasteiger partial charge in [0.15, 0.2) is 0 Å². The molecule has 2 aromatic heterocycles. The van der Waals surface area contributed by atoms with E-state index in [1.807, 2.05) is 40.8 Å². The Kier molecular flexibility index (Phi) is 6.55. The second-order valence-electron chi connectivity index (χ2n) is 8.31. The van der Waals surface area contributed by atoms with Crippen LogP contribution in [0.1, 0.15) is 38.1 Å². The number of hydrogen-bond donors (Lipinski definition) is 1. The number of hydrogen-bond acceptors (Lipinski definition) is 4. The molecule has 2 aromatic carbocycles. The van der Waals surface area contributed by atoms with Crippen LogP contribution in [0.25, 0.3) is 16.7 Å². The number of amides is 1. The van der Waals surface area contributed by atoms with Gasteiger partial charge in [-0.3, -0.25) is 18.6 Å². The molecule has 0 aliphatic heterocycles. The second-order valence-corrected chi connectivity index (χ2v) is 8.75. The van der Waals surface area contributed by atoms with Gasteiger partial charge in [0.25, 0.3) is 5.56 Å². The molecule has 1 N–H and O–H groups in total. The maximum atomic E-state index is 13.1. The van der Waals surface area contributed by atoms with Crippen LogP contribution in [0, 0.1) is 5.92 Å². The van der Waals surface area contributed by atoms with Crippen molar-refractivity contribution in [1.82, 2.24) is 24.5 Å². The van der Waals surface area contributed by atoms with Gasteiger partial charge in [-0.1, -0.05) is 49.7 Å². The average Bonchev–Trinajstić information content (AvgIpc) is 3.21. The number of fused-ring (bicyclic) bond motifs is 3. The molecule has 0 radical (unpaired) electrons. The molecule has 32 heavy (non-hydrogen) atoms. The van der Waals surface area contributed by atoms with Crippen LogP contribution in [0.5, 0.6) is 0 Å². The lowest BCUT2D eigenvalue weighted by Gasteiger charge is -2.12. The SMILES string of the molecule is CC(C)CCn1c(=O)c2ccccc2n2c(CCC(=O)NCc3ccc(Cl)cc3)nnc12. The summed E-state index contributed by atoms with van der Waals surface area (Å²) in [5, 5.41) is 12.9. The fraction of sp³-hybridized carbons (Fsp3) is 0.333. The quantitative estimate of drug-likeness (QED) is 0.439. The number of carbonyl (C=O) groups is 1. The Balaban J connectivity index is 1.57. The molecule has 8 heteroatoms. The van der Waals surface area contributed by atoms with E-state index in [9.17, 15) is 9.59 Å². The minimum atomic E-state index is -0.0749. The van der Waals surface area contributed by atoms with E-state index in [1.54, 1.807) is 16.7 Å². The van der Waals surface area contributed by atoms with Crippen molar-refractivity contribution < 1.29 is 4.79 Å². The fourth-order valence-corrected chi connectivity index (χ4v) is 3.81. The van der Waals surface area contributed by atoms with E-state index < -0.39 is 0 Å². The second kappa shape index (κ2) is 9.53. The van der Waals surface area contributed by atoms with Gasteiger partial charge < -0.3 is 5.32 Å². The Morgan fingerprint density at radius 3 is 2.59 bits per heavy atom. The molecule has 4 aromatic rings. The van der Waals surface area contributed by atoms with E-state index in [2.05, 4.69) is 29.4 Å². The molecule has 0 spiro atoms. The van der Waals surface area contributed by atoms with Gasteiger partial charge >= 0.3 is 0 Å². The van der Waals surface area contributed by atoms with Crippen LogP contribution in [0.3, 0.4) is 0 Å². The zero-order valence-corrected chi connectivity index (χ0v) is 19.0. The maximum Gasteiger partial charge on any atom is 0.262 e. The lowest BCUT2D eigenvalue weighted by molar-refractivity contribution is -0.121. The van der Waals surface area contributed by atoms with Gasteiger partial charge in [-0.15, -0.1) is 10.2 Å². The minimum absolute atomic E-state index is 0.0617. The third-order valence-electron chi connectivity index (χ3n) is 5.48. The van der Waals surface area contributed by atoms with Crippen LogP contribution < -0.4 is 10.9 Å². The third kappa shape index (κ3) is 4.67. The van der Waals surface area contributed by atoms with Crippen molar-refractivity contribution in [3.63, 3.8) is 0 Å². The normalized spacial score (nSPS) is 11.5. The van der Waals surface area contributed by atoms with Crippen molar-refractivity contribution in [3.8, 4) is 0 Å². The number of nitrogens with zero attached hydrogens (tertiary/aromatic N) is 4. The van der Waals surface area contributed by atoms with Crippen LogP contribution in [0.4, 0.5) is 0 Å². The smallest absolute Gasteiger partial charge is 0.262 e. The number of rotatable bonds is 8. The number of para-hydroxylation sites is 1. The lowest BCUT2D eigenvalue weighted by atomic mass is 10.1. The molecule has 0 fully saturated rings. The molecule has 0 saturated heterocycles. The third-order valence-corrected chi connectivity index (χ3v) is 5.74. The van der Waals surface area contributed by atoms with Crippen LogP contribution in [0.15, 0.2) is 53.3 Å². The predicted octanol–water partition coefficient (Wildman–Crippen LogP) is 3.99. The molecule has 0 unspecified atom stereocenters. The Morgan fingerprint density at radius 2 is 1.84 bits per heavy atom. The molecule has 0 aliphatic rings. The van der Waals surface area contributed by atoms with Gasteiger partial charge in [-0.25, -0.2) is 0 Å². The van der Waals surface area contributed by atoms with E-state index in [0.717, 1.165) is 17.5 Å². The highest BCUT2D eigenvalue weighted by Gasteiger charge is 2.17. The molecular formula is C24H26ClN5O2. The van der Waals surface area contributed by atoms with E-state index in [4.69, 9.17) is 11.6 Å². The fourth-order valence-electron chi connectivity index (χ4n) is 3.68. The highest BCUT2D eigenvalue weighted by molar-refractivity contribution is 6.30.